The van der Waals surface area contributed by atoms with E-state index < -0.39 is 0 Å². The molecule has 0 aliphatic rings. The van der Waals surface area contributed by atoms with Crippen LogP contribution in [0.25, 0.3) is 0 Å². The SMILES string of the molecule is CCOC(=O)[C@@H](C)Sc1cccc(Br)c1. The van der Waals surface area contributed by atoms with E-state index in [1.54, 1.807) is 0 Å². The summed E-state index contributed by atoms with van der Waals surface area (Å²) in [6.45, 7) is 4.10. The molecule has 1 atom stereocenters. The highest BCUT2D eigenvalue weighted by Crippen LogP contribution is 2.26. The number of carbonyl (C=O) groups excluding carboxylic acids is 1. The molecule has 1 aromatic rings. The number of rotatable bonds is 4. The van der Waals surface area contributed by atoms with E-state index in [0.717, 1.165) is 9.37 Å². The zero-order valence-electron chi connectivity index (χ0n) is 8.70. The van der Waals surface area contributed by atoms with Crippen molar-refractivity contribution < 1.29 is 9.53 Å². The fourth-order valence-corrected chi connectivity index (χ4v) is 2.53. The van der Waals surface area contributed by atoms with E-state index in [2.05, 4.69) is 15.9 Å². The van der Waals surface area contributed by atoms with Gasteiger partial charge in [0.25, 0.3) is 0 Å². The summed E-state index contributed by atoms with van der Waals surface area (Å²) in [7, 11) is 0. The normalized spacial score (nSPS) is 12.2. The molecule has 0 bridgehead atoms. The molecule has 0 radical (unpaired) electrons. The Morgan fingerprint density at radius 1 is 1.60 bits per heavy atom. The van der Waals surface area contributed by atoms with Crippen LogP contribution in [0.4, 0.5) is 0 Å². The molecule has 0 amide bonds. The Hall–Kier alpha value is -0.480. The summed E-state index contributed by atoms with van der Waals surface area (Å²) in [5.74, 6) is -0.164. The second-order valence-corrected chi connectivity index (χ2v) is 5.30. The number of hydrogen-bond donors (Lipinski definition) is 0. The number of benzene rings is 1. The summed E-state index contributed by atoms with van der Waals surface area (Å²) in [6, 6.07) is 7.87. The van der Waals surface area contributed by atoms with Crippen molar-refractivity contribution in [3.8, 4) is 0 Å². The van der Waals surface area contributed by atoms with Crippen LogP contribution in [-0.4, -0.2) is 17.8 Å². The third-order valence-electron chi connectivity index (χ3n) is 1.73. The highest BCUT2D eigenvalue weighted by Gasteiger charge is 2.14. The van der Waals surface area contributed by atoms with Crippen molar-refractivity contribution in [1.82, 2.24) is 0 Å². The summed E-state index contributed by atoms with van der Waals surface area (Å²) in [4.78, 5) is 12.4. The van der Waals surface area contributed by atoms with Crippen LogP contribution in [0.1, 0.15) is 13.8 Å². The molecule has 0 spiro atoms. The molecular weight excluding hydrogens is 276 g/mol. The first-order chi connectivity index (χ1) is 7.13. The van der Waals surface area contributed by atoms with Gasteiger partial charge in [-0.15, -0.1) is 11.8 Å². The molecule has 0 saturated carbocycles. The molecule has 0 fully saturated rings. The zero-order chi connectivity index (χ0) is 11.3. The number of esters is 1. The Bertz CT molecular complexity index is 341. The van der Waals surface area contributed by atoms with Gasteiger partial charge in [0, 0.05) is 9.37 Å². The summed E-state index contributed by atoms with van der Waals surface area (Å²) in [5.41, 5.74) is 0. The Kier molecular flexibility index (Phi) is 5.19. The molecule has 0 aromatic heterocycles. The Balaban J connectivity index is 2.58. The van der Waals surface area contributed by atoms with Gasteiger partial charge in [0.2, 0.25) is 0 Å². The largest absolute Gasteiger partial charge is 0.465 e. The van der Waals surface area contributed by atoms with Crippen LogP contribution in [0, 0.1) is 0 Å². The van der Waals surface area contributed by atoms with Crippen LogP contribution in [0.3, 0.4) is 0 Å². The minimum atomic E-state index is -0.167. The second-order valence-electron chi connectivity index (χ2n) is 2.97. The van der Waals surface area contributed by atoms with E-state index in [1.165, 1.54) is 11.8 Å². The van der Waals surface area contributed by atoms with Crippen molar-refractivity contribution >= 4 is 33.7 Å². The van der Waals surface area contributed by atoms with Gasteiger partial charge in [-0.1, -0.05) is 22.0 Å². The van der Waals surface area contributed by atoms with E-state index in [0.29, 0.717) is 6.61 Å². The van der Waals surface area contributed by atoms with Gasteiger partial charge in [-0.05, 0) is 32.0 Å². The van der Waals surface area contributed by atoms with Gasteiger partial charge in [0.15, 0.2) is 0 Å². The zero-order valence-corrected chi connectivity index (χ0v) is 11.1. The van der Waals surface area contributed by atoms with Gasteiger partial charge in [-0.2, -0.15) is 0 Å². The lowest BCUT2D eigenvalue weighted by atomic mass is 10.4. The molecular formula is C11H13BrO2S. The van der Waals surface area contributed by atoms with Gasteiger partial charge < -0.3 is 4.74 Å². The summed E-state index contributed by atoms with van der Waals surface area (Å²) < 4.78 is 5.95. The van der Waals surface area contributed by atoms with Gasteiger partial charge >= 0.3 is 5.97 Å². The number of thioether (sulfide) groups is 1. The maximum atomic E-state index is 11.4. The lowest BCUT2D eigenvalue weighted by Crippen LogP contribution is -2.16. The van der Waals surface area contributed by atoms with Crippen LogP contribution in [0.2, 0.25) is 0 Å². The third-order valence-corrected chi connectivity index (χ3v) is 3.29. The lowest BCUT2D eigenvalue weighted by Gasteiger charge is -2.09. The highest BCUT2D eigenvalue weighted by atomic mass is 79.9. The quantitative estimate of drug-likeness (QED) is 0.627. The molecule has 0 N–H and O–H groups in total. The molecule has 0 aliphatic heterocycles. The van der Waals surface area contributed by atoms with E-state index in [1.807, 2.05) is 38.1 Å². The predicted molar refractivity (Wildman–Crippen MR) is 66.1 cm³/mol. The number of halogens is 1. The Morgan fingerprint density at radius 2 is 2.33 bits per heavy atom. The molecule has 82 valence electrons. The van der Waals surface area contributed by atoms with E-state index in [-0.39, 0.29) is 11.2 Å². The van der Waals surface area contributed by atoms with Crippen LogP contribution in [0.15, 0.2) is 33.6 Å². The summed E-state index contributed by atoms with van der Waals surface area (Å²) in [5, 5.41) is -0.167. The third kappa shape index (κ3) is 4.26. The minimum absolute atomic E-state index is 0.164. The molecule has 2 nitrogen and oxygen atoms in total. The van der Waals surface area contributed by atoms with Crippen LogP contribution in [-0.2, 0) is 9.53 Å². The van der Waals surface area contributed by atoms with Crippen LogP contribution >= 0.6 is 27.7 Å². The number of ether oxygens (including phenoxy) is 1. The molecule has 0 heterocycles. The highest BCUT2D eigenvalue weighted by molar-refractivity contribution is 9.10. The standard InChI is InChI=1S/C11H13BrO2S/c1-3-14-11(13)8(2)15-10-6-4-5-9(12)7-10/h4-8H,3H2,1-2H3/t8-/m1/s1. The maximum Gasteiger partial charge on any atom is 0.319 e. The maximum absolute atomic E-state index is 11.4. The predicted octanol–water partition coefficient (Wildman–Crippen LogP) is 3.49. The number of hydrogen-bond acceptors (Lipinski definition) is 3. The van der Waals surface area contributed by atoms with Gasteiger partial charge in [0.1, 0.15) is 5.25 Å². The van der Waals surface area contributed by atoms with Crippen molar-refractivity contribution in [1.29, 1.82) is 0 Å². The molecule has 0 unspecified atom stereocenters. The summed E-state index contributed by atoms with van der Waals surface area (Å²) >= 11 is 4.89. The van der Waals surface area contributed by atoms with Crippen LogP contribution in [0.5, 0.6) is 0 Å². The minimum Gasteiger partial charge on any atom is -0.465 e. The monoisotopic (exact) mass is 288 g/mol. The molecule has 0 saturated heterocycles. The first-order valence-corrected chi connectivity index (χ1v) is 6.39. The van der Waals surface area contributed by atoms with E-state index >= 15 is 0 Å². The van der Waals surface area contributed by atoms with Crippen LogP contribution < -0.4 is 0 Å². The van der Waals surface area contributed by atoms with Gasteiger partial charge in [0.05, 0.1) is 6.61 Å². The second kappa shape index (κ2) is 6.18. The first kappa shape index (κ1) is 12.6. The molecule has 15 heavy (non-hydrogen) atoms. The fraction of sp³-hybridized carbons (Fsp3) is 0.364. The Labute approximate surface area is 103 Å². The fourth-order valence-electron chi connectivity index (χ4n) is 1.05. The molecule has 0 aliphatic carbocycles. The van der Waals surface area contributed by atoms with Crippen molar-refractivity contribution in [3.63, 3.8) is 0 Å². The average molecular weight is 289 g/mol. The van der Waals surface area contributed by atoms with Gasteiger partial charge in [-0.25, -0.2) is 0 Å². The Morgan fingerprint density at radius 3 is 2.93 bits per heavy atom. The van der Waals surface area contributed by atoms with E-state index in [4.69, 9.17) is 4.74 Å². The topological polar surface area (TPSA) is 26.3 Å². The molecule has 1 aromatic carbocycles. The van der Waals surface area contributed by atoms with Crippen molar-refractivity contribution in [2.75, 3.05) is 6.61 Å². The summed E-state index contributed by atoms with van der Waals surface area (Å²) in [6.07, 6.45) is 0. The van der Waals surface area contributed by atoms with Crippen molar-refractivity contribution in [3.05, 3.63) is 28.7 Å². The molecule has 4 heteroatoms. The van der Waals surface area contributed by atoms with Crippen molar-refractivity contribution in [2.24, 2.45) is 0 Å². The van der Waals surface area contributed by atoms with Crippen molar-refractivity contribution in [2.45, 2.75) is 24.0 Å². The average Bonchev–Trinajstić information content (AvgIpc) is 2.18. The first-order valence-electron chi connectivity index (χ1n) is 4.72. The number of carbonyl (C=O) groups is 1. The molecule has 1 rings (SSSR count). The lowest BCUT2D eigenvalue weighted by molar-refractivity contribution is -0.142. The smallest absolute Gasteiger partial charge is 0.319 e. The van der Waals surface area contributed by atoms with Gasteiger partial charge in [-0.3, -0.25) is 4.79 Å². The van der Waals surface area contributed by atoms with E-state index in [9.17, 15) is 4.79 Å².